The maximum absolute atomic E-state index is 12.5. The van der Waals surface area contributed by atoms with E-state index in [0.29, 0.717) is 18.9 Å². The molecular formula is C10H19F2N. The standard InChI is InChI=1S/C10H19F2N/c1-2-6-13-9(10(11)12)7-8-4-3-5-8/h8-10,13H,2-7H2,1H3. The first-order valence-corrected chi connectivity index (χ1v) is 5.25. The van der Waals surface area contributed by atoms with Crippen LogP contribution in [-0.4, -0.2) is 19.0 Å². The van der Waals surface area contributed by atoms with E-state index in [-0.39, 0.29) is 0 Å². The molecule has 1 fully saturated rings. The Morgan fingerprint density at radius 1 is 1.38 bits per heavy atom. The predicted octanol–water partition coefficient (Wildman–Crippen LogP) is 2.81. The molecule has 1 rings (SSSR count). The Morgan fingerprint density at radius 2 is 2.08 bits per heavy atom. The summed E-state index contributed by atoms with van der Waals surface area (Å²) in [5.41, 5.74) is 0. The average Bonchev–Trinajstić information content (AvgIpc) is 2.01. The van der Waals surface area contributed by atoms with Crippen LogP contribution in [0.5, 0.6) is 0 Å². The van der Waals surface area contributed by atoms with Gasteiger partial charge in [-0.3, -0.25) is 0 Å². The molecule has 1 aliphatic carbocycles. The fourth-order valence-corrected chi connectivity index (χ4v) is 1.69. The predicted molar refractivity (Wildman–Crippen MR) is 50.0 cm³/mol. The van der Waals surface area contributed by atoms with E-state index in [0.717, 1.165) is 19.3 Å². The molecule has 1 unspecified atom stereocenters. The first-order valence-electron chi connectivity index (χ1n) is 5.25. The van der Waals surface area contributed by atoms with E-state index in [9.17, 15) is 8.78 Å². The first kappa shape index (κ1) is 10.9. The Kier molecular flexibility index (Phi) is 4.64. The molecule has 1 saturated carbocycles. The summed E-state index contributed by atoms with van der Waals surface area (Å²) in [5.74, 6) is 0.559. The quantitative estimate of drug-likeness (QED) is 0.680. The number of rotatable bonds is 6. The van der Waals surface area contributed by atoms with Crippen LogP contribution in [0.3, 0.4) is 0 Å². The molecule has 0 bridgehead atoms. The van der Waals surface area contributed by atoms with Crippen molar-refractivity contribution in [3.8, 4) is 0 Å². The highest BCUT2D eigenvalue weighted by molar-refractivity contribution is 4.78. The summed E-state index contributed by atoms with van der Waals surface area (Å²) in [6.07, 6.45) is 2.92. The van der Waals surface area contributed by atoms with Gasteiger partial charge in [-0.1, -0.05) is 26.2 Å². The van der Waals surface area contributed by atoms with Crippen molar-refractivity contribution in [3.05, 3.63) is 0 Å². The molecule has 1 atom stereocenters. The van der Waals surface area contributed by atoms with Gasteiger partial charge in [-0.25, -0.2) is 8.78 Å². The van der Waals surface area contributed by atoms with Gasteiger partial charge in [0.2, 0.25) is 0 Å². The van der Waals surface area contributed by atoms with Crippen LogP contribution in [0, 0.1) is 5.92 Å². The van der Waals surface area contributed by atoms with E-state index >= 15 is 0 Å². The van der Waals surface area contributed by atoms with Gasteiger partial charge < -0.3 is 5.32 Å². The Balaban J connectivity index is 2.19. The third kappa shape index (κ3) is 3.59. The van der Waals surface area contributed by atoms with Crippen molar-refractivity contribution in [3.63, 3.8) is 0 Å². The lowest BCUT2D eigenvalue weighted by atomic mass is 9.81. The molecule has 0 aliphatic heterocycles. The summed E-state index contributed by atoms with van der Waals surface area (Å²) in [6, 6.07) is -0.565. The van der Waals surface area contributed by atoms with Crippen LogP contribution < -0.4 is 5.32 Å². The summed E-state index contributed by atoms with van der Waals surface area (Å²) in [7, 11) is 0. The normalized spacial score (nSPS) is 20.3. The average molecular weight is 191 g/mol. The summed E-state index contributed by atoms with van der Waals surface area (Å²) in [5, 5.41) is 2.92. The van der Waals surface area contributed by atoms with Gasteiger partial charge in [0.25, 0.3) is 6.43 Å². The number of nitrogens with one attached hydrogen (secondary N) is 1. The molecule has 0 amide bonds. The lowest BCUT2D eigenvalue weighted by Crippen LogP contribution is -2.38. The fraction of sp³-hybridized carbons (Fsp3) is 1.00. The van der Waals surface area contributed by atoms with Crippen LogP contribution in [0.15, 0.2) is 0 Å². The van der Waals surface area contributed by atoms with Gasteiger partial charge in [0, 0.05) is 0 Å². The number of hydrogen-bond donors (Lipinski definition) is 1. The van der Waals surface area contributed by atoms with Crippen molar-refractivity contribution in [2.75, 3.05) is 6.54 Å². The highest BCUT2D eigenvalue weighted by Gasteiger charge is 2.26. The van der Waals surface area contributed by atoms with Crippen LogP contribution in [0.1, 0.15) is 39.0 Å². The molecule has 0 aromatic carbocycles. The lowest BCUT2D eigenvalue weighted by Gasteiger charge is -2.29. The molecule has 0 radical (unpaired) electrons. The fourth-order valence-electron chi connectivity index (χ4n) is 1.69. The summed E-state index contributed by atoms with van der Waals surface area (Å²) in [4.78, 5) is 0. The van der Waals surface area contributed by atoms with E-state index in [1.165, 1.54) is 6.42 Å². The number of hydrogen-bond acceptors (Lipinski definition) is 1. The van der Waals surface area contributed by atoms with E-state index < -0.39 is 12.5 Å². The SMILES string of the molecule is CCCNC(CC1CCC1)C(F)F. The minimum Gasteiger partial charge on any atom is -0.309 e. The van der Waals surface area contributed by atoms with Crippen molar-refractivity contribution in [1.29, 1.82) is 0 Å². The molecule has 1 N–H and O–H groups in total. The van der Waals surface area contributed by atoms with Crippen LogP contribution in [0.25, 0.3) is 0 Å². The van der Waals surface area contributed by atoms with Gasteiger partial charge in [0.15, 0.2) is 0 Å². The van der Waals surface area contributed by atoms with E-state index in [1.54, 1.807) is 0 Å². The van der Waals surface area contributed by atoms with Gasteiger partial charge >= 0.3 is 0 Å². The molecule has 0 aromatic rings. The second-order valence-corrected chi connectivity index (χ2v) is 3.93. The second-order valence-electron chi connectivity index (χ2n) is 3.93. The van der Waals surface area contributed by atoms with Crippen LogP contribution >= 0.6 is 0 Å². The van der Waals surface area contributed by atoms with Crippen molar-refractivity contribution in [1.82, 2.24) is 5.32 Å². The Bertz CT molecular complexity index is 135. The second kappa shape index (κ2) is 5.53. The summed E-state index contributed by atoms with van der Waals surface area (Å²) < 4.78 is 25.0. The molecule has 0 spiro atoms. The number of alkyl halides is 2. The van der Waals surface area contributed by atoms with Gasteiger partial charge in [-0.2, -0.15) is 0 Å². The Hall–Kier alpha value is -0.180. The first-order chi connectivity index (χ1) is 6.24. The van der Waals surface area contributed by atoms with Crippen molar-refractivity contribution in [2.24, 2.45) is 5.92 Å². The maximum Gasteiger partial charge on any atom is 0.253 e. The van der Waals surface area contributed by atoms with Gasteiger partial charge in [-0.05, 0) is 25.3 Å². The monoisotopic (exact) mass is 191 g/mol. The van der Waals surface area contributed by atoms with Crippen LogP contribution in [-0.2, 0) is 0 Å². The van der Waals surface area contributed by atoms with Crippen LogP contribution in [0.4, 0.5) is 8.78 Å². The lowest BCUT2D eigenvalue weighted by molar-refractivity contribution is 0.0764. The minimum atomic E-state index is -2.20. The minimum absolute atomic E-state index is 0.559. The van der Waals surface area contributed by atoms with Crippen molar-refractivity contribution >= 4 is 0 Å². The summed E-state index contributed by atoms with van der Waals surface area (Å²) in [6.45, 7) is 2.71. The van der Waals surface area contributed by atoms with E-state index in [2.05, 4.69) is 5.32 Å². The third-order valence-electron chi connectivity index (χ3n) is 2.77. The van der Waals surface area contributed by atoms with Gasteiger partial charge in [0.05, 0.1) is 6.04 Å². The molecule has 3 heteroatoms. The molecule has 0 saturated heterocycles. The topological polar surface area (TPSA) is 12.0 Å². The maximum atomic E-state index is 12.5. The van der Waals surface area contributed by atoms with Gasteiger partial charge in [-0.15, -0.1) is 0 Å². The molecule has 0 aromatic heterocycles. The van der Waals surface area contributed by atoms with Crippen LogP contribution in [0.2, 0.25) is 0 Å². The number of halogens is 2. The third-order valence-corrected chi connectivity index (χ3v) is 2.77. The smallest absolute Gasteiger partial charge is 0.253 e. The molecule has 0 heterocycles. The van der Waals surface area contributed by atoms with Gasteiger partial charge in [0.1, 0.15) is 0 Å². The molecule has 1 aliphatic rings. The zero-order chi connectivity index (χ0) is 9.68. The largest absolute Gasteiger partial charge is 0.309 e. The highest BCUT2D eigenvalue weighted by atomic mass is 19.3. The van der Waals surface area contributed by atoms with Crippen molar-refractivity contribution in [2.45, 2.75) is 51.5 Å². The molecule has 1 nitrogen and oxygen atoms in total. The molecular weight excluding hydrogens is 172 g/mol. The zero-order valence-corrected chi connectivity index (χ0v) is 8.23. The zero-order valence-electron chi connectivity index (χ0n) is 8.23. The Morgan fingerprint density at radius 3 is 2.46 bits per heavy atom. The van der Waals surface area contributed by atoms with Crippen molar-refractivity contribution < 1.29 is 8.78 Å². The molecule has 78 valence electrons. The van der Waals surface area contributed by atoms with E-state index in [1.807, 2.05) is 6.92 Å². The molecule has 13 heavy (non-hydrogen) atoms. The van der Waals surface area contributed by atoms with E-state index in [4.69, 9.17) is 0 Å². The Labute approximate surface area is 78.9 Å². The summed E-state index contributed by atoms with van der Waals surface area (Å²) >= 11 is 0. The highest BCUT2D eigenvalue weighted by Crippen LogP contribution is 2.31.